The summed E-state index contributed by atoms with van der Waals surface area (Å²) >= 11 is 0. The Morgan fingerprint density at radius 1 is 1.16 bits per heavy atom. The molecule has 2 fully saturated rings. The molecule has 4 N–H and O–H groups in total. The van der Waals surface area contributed by atoms with Crippen molar-refractivity contribution in [3.8, 4) is 5.75 Å². The number of nitrogens with zero attached hydrogens (tertiary/aromatic N) is 4. The zero-order chi connectivity index (χ0) is 21.8. The molecule has 2 saturated carbocycles. The monoisotopic (exact) mass is 426 g/mol. The van der Waals surface area contributed by atoms with Crippen LogP contribution in [0.1, 0.15) is 74.5 Å². The van der Waals surface area contributed by atoms with Crippen molar-refractivity contribution in [2.45, 2.75) is 77.2 Å². The molecule has 0 atom stereocenters. The van der Waals surface area contributed by atoms with Crippen molar-refractivity contribution in [1.82, 2.24) is 20.1 Å². The van der Waals surface area contributed by atoms with Crippen molar-refractivity contribution in [2.24, 2.45) is 17.5 Å². The molecule has 0 spiro atoms. The molecule has 0 aromatic carbocycles. The summed E-state index contributed by atoms with van der Waals surface area (Å²) < 4.78 is 11.6. The fourth-order valence-electron chi connectivity index (χ4n) is 4.09. The van der Waals surface area contributed by atoms with Gasteiger partial charge >= 0.3 is 0 Å². The topological polar surface area (TPSA) is 116 Å². The Labute approximate surface area is 184 Å². The van der Waals surface area contributed by atoms with E-state index in [2.05, 4.69) is 10.1 Å². The highest BCUT2D eigenvalue weighted by Gasteiger charge is 2.22. The van der Waals surface area contributed by atoms with E-state index in [1.54, 1.807) is 7.05 Å². The number of allylic oxidation sites excluding steroid dienone is 1. The molecule has 2 aliphatic rings. The van der Waals surface area contributed by atoms with Crippen LogP contribution >= 0.6 is 0 Å². The minimum Gasteiger partial charge on any atom is -0.489 e. The van der Waals surface area contributed by atoms with Crippen molar-refractivity contribution in [1.29, 1.82) is 0 Å². The first kappa shape index (κ1) is 21.6. The summed E-state index contributed by atoms with van der Waals surface area (Å²) in [6.07, 6.45) is 11.2. The third-order valence-electron chi connectivity index (χ3n) is 6.19. The first-order valence-electron chi connectivity index (χ1n) is 11.4. The zero-order valence-corrected chi connectivity index (χ0v) is 18.6. The number of hydrazine groups is 1. The van der Waals surface area contributed by atoms with Gasteiger partial charge in [-0.15, -0.1) is 0 Å². The average Bonchev–Trinajstić information content (AvgIpc) is 3.49. The number of likely N-dealkylation sites (N-methyl/N-ethyl adjacent to an activating group) is 1. The molecule has 0 radical (unpaired) electrons. The molecule has 2 aromatic rings. The van der Waals surface area contributed by atoms with Gasteiger partial charge in [0.1, 0.15) is 5.75 Å². The predicted molar refractivity (Wildman–Crippen MR) is 119 cm³/mol. The lowest BCUT2D eigenvalue weighted by Crippen LogP contribution is -2.29. The summed E-state index contributed by atoms with van der Waals surface area (Å²) in [5.74, 6) is 9.00. The van der Waals surface area contributed by atoms with Crippen LogP contribution in [0.15, 0.2) is 22.4 Å². The van der Waals surface area contributed by atoms with Crippen molar-refractivity contribution in [3.63, 3.8) is 0 Å². The van der Waals surface area contributed by atoms with Gasteiger partial charge in [-0.2, -0.15) is 4.98 Å². The summed E-state index contributed by atoms with van der Waals surface area (Å²) in [4.78, 5) is 9.20. The third-order valence-corrected chi connectivity index (χ3v) is 6.19. The van der Waals surface area contributed by atoms with Crippen molar-refractivity contribution in [3.05, 3.63) is 40.9 Å². The lowest BCUT2D eigenvalue weighted by atomic mass is 9.98. The summed E-state index contributed by atoms with van der Waals surface area (Å²) in [7, 11) is 1.75. The van der Waals surface area contributed by atoms with Gasteiger partial charge in [0.15, 0.2) is 5.82 Å². The Balaban J connectivity index is 1.47. The Hall–Kier alpha value is -2.61. The van der Waals surface area contributed by atoms with Crippen LogP contribution in [0.3, 0.4) is 0 Å². The van der Waals surface area contributed by atoms with E-state index in [-0.39, 0.29) is 6.10 Å². The highest BCUT2D eigenvalue weighted by Crippen LogP contribution is 2.33. The number of nitrogens with two attached hydrogens (primary N) is 2. The largest absolute Gasteiger partial charge is 0.489 e. The number of pyridine rings is 1. The normalized spacial score (nSPS) is 18.0. The van der Waals surface area contributed by atoms with Crippen LogP contribution < -0.4 is 16.3 Å². The van der Waals surface area contributed by atoms with Crippen LogP contribution in [0.25, 0.3) is 5.70 Å². The van der Waals surface area contributed by atoms with Crippen LogP contribution in [-0.2, 0) is 12.8 Å². The fraction of sp³-hybridized carbons (Fsp3) is 0.609. The number of ether oxygens (including phenoxy) is 1. The predicted octanol–water partition coefficient (Wildman–Crippen LogP) is 3.50. The Morgan fingerprint density at radius 2 is 1.94 bits per heavy atom. The maximum atomic E-state index is 6.47. The van der Waals surface area contributed by atoms with Crippen LogP contribution in [0.4, 0.5) is 0 Å². The van der Waals surface area contributed by atoms with Crippen LogP contribution in [-0.4, -0.2) is 33.3 Å². The van der Waals surface area contributed by atoms with Crippen molar-refractivity contribution in [2.75, 3.05) is 7.05 Å². The van der Waals surface area contributed by atoms with Gasteiger partial charge in [-0.3, -0.25) is 0 Å². The maximum absolute atomic E-state index is 6.47. The quantitative estimate of drug-likeness (QED) is 0.462. The Morgan fingerprint density at radius 3 is 2.61 bits per heavy atom. The highest BCUT2D eigenvalue weighted by molar-refractivity contribution is 5.63. The molecule has 168 valence electrons. The minimum absolute atomic E-state index is 0.283. The second-order valence-corrected chi connectivity index (χ2v) is 8.89. The number of rotatable bonds is 9. The van der Waals surface area contributed by atoms with E-state index in [1.807, 2.05) is 19.1 Å². The number of aryl methyl sites for hydroxylation is 2. The van der Waals surface area contributed by atoms with Gasteiger partial charge in [-0.1, -0.05) is 24.4 Å². The van der Waals surface area contributed by atoms with E-state index >= 15 is 0 Å². The zero-order valence-electron chi connectivity index (χ0n) is 18.6. The molecule has 4 rings (SSSR count). The summed E-state index contributed by atoms with van der Waals surface area (Å²) in [6.45, 7) is 1.95. The molecular weight excluding hydrogens is 392 g/mol. The standard InChI is InChI=1S/C23H34N6O2/c1-15-20(30-17-6-4-3-5-7-17)12-11-18(26-15)23(24)19(29(2)25)14-21-27-22(31-28-21)13-10-16-8-9-16/h11-12,16-17H,3-10,13-14,24-25H2,1-2H3/b23-19-. The van der Waals surface area contributed by atoms with Crippen LogP contribution in [0.2, 0.25) is 0 Å². The summed E-state index contributed by atoms with van der Waals surface area (Å²) in [6, 6.07) is 3.85. The maximum Gasteiger partial charge on any atom is 0.226 e. The van der Waals surface area contributed by atoms with Gasteiger partial charge in [0.2, 0.25) is 5.89 Å². The molecule has 2 aliphatic carbocycles. The minimum atomic E-state index is 0.283. The smallest absolute Gasteiger partial charge is 0.226 e. The van der Waals surface area contributed by atoms with Crippen molar-refractivity contribution < 1.29 is 9.26 Å². The molecule has 8 heteroatoms. The van der Waals surface area contributed by atoms with Gasteiger partial charge in [0, 0.05) is 13.5 Å². The van der Waals surface area contributed by atoms with Gasteiger partial charge in [-0.05, 0) is 57.1 Å². The van der Waals surface area contributed by atoms with Crippen molar-refractivity contribution >= 4 is 5.70 Å². The lowest BCUT2D eigenvalue weighted by Gasteiger charge is -2.24. The molecule has 2 heterocycles. The molecule has 0 aliphatic heterocycles. The highest BCUT2D eigenvalue weighted by atomic mass is 16.5. The average molecular weight is 427 g/mol. The molecule has 0 unspecified atom stereocenters. The first-order valence-corrected chi connectivity index (χ1v) is 11.4. The molecule has 8 nitrogen and oxygen atoms in total. The third kappa shape index (κ3) is 5.76. The van der Waals surface area contributed by atoms with E-state index < -0.39 is 0 Å². The first-order chi connectivity index (χ1) is 15.0. The van der Waals surface area contributed by atoms with Gasteiger partial charge < -0.3 is 20.0 Å². The fourth-order valence-corrected chi connectivity index (χ4v) is 4.09. The number of aromatic nitrogens is 3. The van der Waals surface area contributed by atoms with Gasteiger partial charge in [0.05, 0.1) is 35.3 Å². The molecule has 0 bridgehead atoms. The van der Waals surface area contributed by atoms with E-state index in [9.17, 15) is 0 Å². The van der Waals surface area contributed by atoms with Gasteiger partial charge in [-0.25, -0.2) is 10.8 Å². The second kappa shape index (κ2) is 9.68. The molecular formula is C23H34N6O2. The van der Waals surface area contributed by atoms with E-state index in [0.717, 1.165) is 43.0 Å². The summed E-state index contributed by atoms with van der Waals surface area (Å²) in [5.41, 5.74) is 9.16. The van der Waals surface area contributed by atoms with E-state index in [4.69, 9.17) is 25.8 Å². The number of hydrogen-bond donors (Lipinski definition) is 2. The van der Waals surface area contributed by atoms with Gasteiger partial charge in [0.25, 0.3) is 0 Å². The van der Waals surface area contributed by atoms with E-state index in [0.29, 0.717) is 35.2 Å². The number of hydrogen-bond acceptors (Lipinski definition) is 8. The molecule has 31 heavy (non-hydrogen) atoms. The summed E-state index contributed by atoms with van der Waals surface area (Å²) in [5, 5.41) is 5.61. The lowest BCUT2D eigenvalue weighted by molar-refractivity contribution is 0.153. The molecule has 2 aromatic heterocycles. The van der Waals surface area contributed by atoms with Crippen LogP contribution in [0, 0.1) is 12.8 Å². The molecule has 0 saturated heterocycles. The Kier molecular flexibility index (Phi) is 6.75. The second-order valence-electron chi connectivity index (χ2n) is 8.89. The molecule has 0 amide bonds. The van der Waals surface area contributed by atoms with E-state index in [1.165, 1.54) is 37.1 Å². The van der Waals surface area contributed by atoms with Crippen LogP contribution in [0.5, 0.6) is 5.75 Å². The SMILES string of the molecule is Cc1nc(/C(N)=C(\Cc2noc(CCC3CC3)n2)N(C)N)ccc1OC1CCCCC1. The Bertz CT molecular complexity index is 913.